The summed E-state index contributed by atoms with van der Waals surface area (Å²) in [5.41, 5.74) is 1.58. The van der Waals surface area contributed by atoms with Crippen LogP contribution in [0.25, 0.3) is 5.52 Å². The first-order valence-electron chi connectivity index (χ1n) is 8.31. The highest BCUT2D eigenvalue weighted by Gasteiger charge is 2.22. The molecule has 0 radical (unpaired) electrons. The molecule has 24 heavy (non-hydrogen) atoms. The van der Waals surface area contributed by atoms with Crippen molar-refractivity contribution in [1.82, 2.24) is 19.2 Å². The van der Waals surface area contributed by atoms with Gasteiger partial charge in [0.25, 0.3) is 5.56 Å². The Morgan fingerprint density at radius 1 is 1.21 bits per heavy atom. The van der Waals surface area contributed by atoms with Crippen molar-refractivity contribution in [3.8, 4) is 0 Å². The molecule has 1 saturated heterocycles. The molecular weight excluding hydrogens is 304 g/mol. The number of imidazole rings is 1. The molecule has 1 aliphatic heterocycles. The largest absolute Gasteiger partial charge is 0.381 e. The molecule has 0 saturated carbocycles. The Balaban J connectivity index is 1.77. The van der Waals surface area contributed by atoms with E-state index in [2.05, 4.69) is 10.1 Å². The lowest BCUT2D eigenvalue weighted by Crippen LogP contribution is -2.27. The third-order valence-corrected chi connectivity index (χ3v) is 4.63. The van der Waals surface area contributed by atoms with Crippen molar-refractivity contribution < 1.29 is 4.74 Å². The SMILES string of the molecule is Cc1nn2c(C3CCOCC3)ncc2c(=O)n1Cc1ccccc1. The molecule has 124 valence electrons. The molecule has 0 amide bonds. The fourth-order valence-electron chi connectivity index (χ4n) is 3.28. The van der Waals surface area contributed by atoms with Crippen LogP contribution >= 0.6 is 0 Å². The van der Waals surface area contributed by atoms with Gasteiger partial charge < -0.3 is 4.74 Å². The van der Waals surface area contributed by atoms with Crippen LogP contribution in [0.4, 0.5) is 0 Å². The molecule has 0 bridgehead atoms. The Morgan fingerprint density at radius 2 is 1.96 bits per heavy atom. The van der Waals surface area contributed by atoms with E-state index in [-0.39, 0.29) is 5.56 Å². The highest BCUT2D eigenvalue weighted by Crippen LogP contribution is 2.25. The molecule has 0 atom stereocenters. The van der Waals surface area contributed by atoms with Gasteiger partial charge in [0.2, 0.25) is 0 Å². The quantitative estimate of drug-likeness (QED) is 0.740. The van der Waals surface area contributed by atoms with Crippen LogP contribution in [0.2, 0.25) is 0 Å². The molecule has 0 N–H and O–H groups in total. The Morgan fingerprint density at radius 3 is 2.71 bits per heavy atom. The molecule has 0 spiro atoms. The Hall–Kier alpha value is -2.47. The zero-order chi connectivity index (χ0) is 16.5. The summed E-state index contributed by atoms with van der Waals surface area (Å²) in [5.74, 6) is 1.88. The summed E-state index contributed by atoms with van der Waals surface area (Å²) in [6.45, 7) is 3.87. The summed E-state index contributed by atoms with van der Waals surface area (Å²) in [4.78, 5) is 17.4. The number of ether oxygens (including phenoxy) is 1. The van der Waals surface area contributed by atoms with Gasteiger partial charge in [0, 0.05) is 19.1 Å². The van der Waals surface area contributed by atoms with Gasteiger partial charge in [-0.1, -0.05) is 30.3 Å². The predicted octanol–water partition coefficient (Wildman–Crippen LogP) is 2.14. The first kappa shape index (κ1) is 15.1. The van der Waals surface area contributed by atoms with Crippen LogP contribution in [-0.2, 0) is 11.3 Å². The Labute approximate surface area is 139 Å². The normalized spacial score (nSPS) is 15.9. The zero-order valence-corrected chi connectivity index (χ0v) is 13.7. The van der Waals surface area contributed by atoms with E-state index in [1.54, 1.807) is 15.3 Å². The first-order valence-corrected chi connectivity index (χ1v) is 8.31. The van der Waals surface area contributed by atoms with Crippen LogP contribution in [0.1, 0.15) is 36.0 Å². The molecule has 1 fully saturated rings. The van der Waals surface area contributed by atoms with Crippen molar-refractivity contribution >= 4 is 5.52 Å². The summed E-state index contributed by atoms with van der Waals surface area (Å²) in [5, 5.41) is 4.64. The molecule has 1 aliphatic rings. The fourth-order valence-corrected chi connectivity index (χ4v) is 3.28. The van der Waals surface area contributed by atoms with Crippen molar-refractivity contribution in [1.29, 1.82) is 0 Å². The Kier molecular flexibility index (Phi) is 3.90. The van der Waals surface area contributed by atoms with Gasteiger partial charge in [-0.05, 0) is 25.3 Å². The molecular formula is C18H20N4O2. The van der Waals surface area contributed by atoms with Crippen LogP contribution in [0.3, 0.4) is 0 Å². The van der Waals surface area contributed by atoms with E-state index >= 15 is 0 Å². The second-order valence-electron chi connectivity index (χ2n) is 6.22. The maximum absolute atomic E-state index is 12.9. The van der Waals surface area contributed by atoms with E-state index in [4.69, 9.17) is 4.74 Å². The summed E-state index contributed by atoms with van der Waals surface area (Å²) >= 11 is 0. The van der Waals surface area contributed by atoms with Crippen LogP contribution in [-0.4, -0.2) is 32.4 Å². The van der Waals surface area contributed by atoms with Gasteiger partial charge in [0.15, 0.2) is 5.52 Å². The second-order valence-corrected chi connectivity index (χ2v) is 6.22. The van der Waals surface area contributed by atoms with Gasteiger partial charge in [0.1, 0.15) is 11.6 Å². The molecule has 0 unspecified atom stereocenters. The summed E-state index contributed by atoms with van der Waals surface area (Å²) in [6.07, 6.45) is 3.50. The number of benzene rings is 1. The van der Waals surface area contributed by atoms with E-state index in [0.29, 0.717) is 23.8 Å². The van der Waals surface area contributed by atoms with Gasteiger partial charge in [-0.3, -0.25) is 9.36 Å². The molecule has 4 rings (SSSR count). The van der Waals surface area contributed by atoms with E-state index in [0.717, 1.165) is 37.4 Å². The zero-order valence-electron chi connectivity index (χ0n) is 13.7. The van der Waals surface area contributed by atoms with Gasteiger partial charge in [-0.2, -0.15) is 5.10 Å². The van der Waals surface area contributed by atoms with Crippen molar-refractivity contribution in [3.05, 3.63) is 64.1 Å². The monoisotopic (exact) mass is 324 g/mol. The predicted molar refractivity (Wildman–Crippen MR) is 90.3 cm³/mol. The summed E-state index contributed by atoms with van der Waals surface area (Å²) in [6, 6.07) is 9.95. The highest BCUT2D eigenvalue weighted by molar-refractivity contribution is 5.43. The highest BCUT2D eigenvalue weighted by atomic mass is 16.5. The van der Waals surface area contributed by atoms with Gasteiger partial charge in [-0.15, -0.1) is 0 Å². The number of fused-ring (bicyclic) bond motifs is 1. The standard InChI is InChI=1S/C18H20N4O2/c1-13-20-22-16(11-19-17(22)15-7-9-24-10-8-15)18(23)21(13)12-14-5-3-2-4-6-14/h2-6,11,15H,7-10,12H2,1H3. The fraction of sp³-hybridized carbons (Fsp3) is 0.389. The van der Waals surface area contributed by atoms with Crippen LogP contribution in [0.15, 0.2) is 41.3 Å². The van der Waals surface area contributed by atoms with Crippen molar-refractivity contribution in [2.75, 3.05) is 13.2 Å². The lowest BCUT2D eigenvalue weighted by atomic mass is 10.00. The minimum absolute atomic E-state index is 0.0443. The minimum Gasteiger partial charge on any atom is -0.381 e. The Bertz CT molecular complexity index is 908. The minimum atomic E-state index is -0.0443. The molecule has 3 aromatic rings. The smallest absolute Gasteiger partial charge is 0.279 e. The third-order valence-electron chi connectivity index (χ3n) is 4.63. The van der Waals surface area contributed by atoms with Gasteiger partial charge in [0.05, 0.1) is 12.7 Å². The number of aromatic nitrogens is 4. The summed E-state index contributed by atoms with van der Waals surface area (Å²) < 4.78 is 8.86. The maximum Gasteiger partial charge on any atom is 0.279 e. The van der Waals surface area contributed by atoms with Gasteiger partial charge in [-0.25, -0.2) is 9.50 Å². The van der Waals surface area contributed by atoms with Crippen molar-refractivity contribution in [2.24, 2.45) is 0 Å². The molecule has 2 aromatic heterocycles. The van der Waals surface area contributed by atoms with Crippen molar-refractivity contribution in [3.63, 3.8) is 0 Å². The van der Waals surface area contributed by atoms with Gasteiger partial charge >= 0.3 is 0 Å². The molecule has 6 heteroatoms. The number of hydrogen-bond donors (Lipinski definition) is 0. The van der Waals surface area contributed by atoms with E-state index in [9.17, 15) is 4.79 Å². The number of aryl methyl sites for hydroxylation is 1. The van der Waals surface area contributed by atoms with Crippen LogP contribution < -0.4 is 5.56 Å². The second kappa shape index (κ2) is 6.20. The third kappa shape index (κ3) is 2.63. The summed E-state index contributed by atoms with van der Waals surface area (Å²) in [7, 11) is 0. The molecule has 1 aromatic carbocycles. The lowest BCUT2D eigenvalue weighted by molar-refractivity contribution is 0.0832. The topological polar surface area (TPSA) is 61.4 Å². The maximum atomic E-state index is 12.9. The average Bonchev–Trinajstić information content (AvgIpc) is 3.04. The van der Waals surface area contributed by atoms with E-state index < -0.39 is 0 Å². The lowest BCUT2D eigenvalue weighted by Gasteiger charge is -2.20. The van der Waals surface area contributed by atoms with Crippen LogP contribution in [0, 0.1) is 6.92 Å². The van der Waals surface area contributed by atoms with E-state index in [1.165, 1.54) is 0 Å². The number of rotatable bonds is 3. The number of nitrogens with zero attached hydrogens (tertiary/aromatic N) is 4. The average molecular weight is 324 g/mol. The molecule has 6 nitrogen and oxygen atoms in total. The van der Waals surface area contributed by atoms with Crippen LogP contribution in [0.5, 0.6) is 0 Å². The molecule has 3 heterocycles. The first-order chi connectivity index (χ1) is 11.7. The van der Waals surface area contributed by atoms with Crippen molar-refractivity contribution in [2.45, 2.75) is 32.2 Å². The molecule has 0 aliphatic carbocycles. The van der Waals surface area contributed by atoms with E-state index in [1.807, 2.05) is 37.3 Å². The number of hydrogen-bond acceptors (Lipinski definition) is 4.